The van der Waals surface area contributed by atoms with Crippen LogP contribution >= 0.6 is 11.8 Å². The largest absolute Gasteiger partial charge is 0.376 e. The van der Waals surface area contributed by atoms with Crippen LogP contribution in [0.15, 0.2) is 9.82 Å². The molecule has 1 fully saturated rings. The molecule has 1 aromatic rings. The molecule has 1 aliphatic carbocycles. The fourth-order valence-electron chi connectivity index (χ4n) is 3.45. The highest BCUT2D eigenvalue weighted by Crippen LogP contribution is 2.29. The SMILES string of the molecule is CN(C)CCn1c2c(c(SCC(=O)NCC3CCCO3)nc1=O)CCC2. The summed E-state index contributed by atoms with van der Waals surface area (Å²) >= 11 is 1.38. The standard InChI is InChI=1S/C18H28N4O3S/c1-21(2)8-9-22-15-7-3-6-14(15)17(20-18(22)24)26-12-16(23)19-11-13-5-4-10-25-13/h13H,3-12H2,1-2H3,(H,19,23). The summed E-state index contributed by atoms with van der Waals surface area (Å²) < 4.78 is 7.32. The van der Waals surface area contributed by atoms with Gasteiger partial charge in [-0.15, -0.1) is 0 Å². The number of ether oxygens (including phenoxy) is 1. The molecule has 1 N–H and O–H groups in total. The molecule has 7 nitrogen and oxygen atoms in total. The van der Waals surface area contributed by atoms with E-state index in [1.54, 1.807) is 0 Å². The van der Waals surface area contributed by atoms with Crippen molar-refractivity contribution < 1.29 is 9.53 Å². The van der Waals surface area contributed by atoms with E-state index in [4.69, 9.17) is 4.74 Å². The minimum absolute atomic E-state index is 0.0316. The number of carbonyl (C=O) groups excluding carboxylic acids is 1. The molecular weight excluding hydrogens is 352 g/mol. The number of fused-ring (bicyclic) bond motifs is 1. The first-order valence-electron chi connectivity index (χ1n) is 9.33. The van der Waals surface area contributed by atoms with Crippen molar-refractivity contribution in [1.82, 2.24) is 19.8 Å². The van der Waals surface area contributed by atoms with Crippen LogP contribution in [-0.2, 0) is 28.9 Å². The summed E-state index contributed by atoms with van der Waals surface area (Å²) in [5, 5.41) is 3.65. The highest BCUT2D eigenvalue weighted by molar-refractivity contribution is 7.99. The van der Waals surface area contributed by atoms with Crippen LogP contribution in [0.25, 0.3) is 0 Å². The molecule has 0 spiro atoms. The summed E-state index contributed by atoms with van der Waals surface area (Å²) in [5.74, 6) is 0.253. The zero-order valence-corrected chi connectivity index (χ0v) is 16.4. The highest BCUT2D eigenvalue weighted by atomic mass is 32.2. The Morgan fingerprint density at radius 3 is 2.96 bits per heavy atom. The average molecular weight is 381 g/mol. The number of hydrogen-bond donors (Lipinski definition) is 1. The van der Waals surface area contributed by atoms with Gasteiger partial charge in [0, 0.05) is 37.5 Å². The van der Waals surface area contributed by atoms with Crippen molar-refractivity contribution in [3.05, 3.63) is 21.7 Å². The topological polar surface area (TPSA) is 76.5 Å². The van der Waals surface area contributed by atoms with Crippen molar-refractivity contribution in [3.8, 4) is 0 Å². The molecule has 1 aliphatic heterocycles. The van der Waals surface area contributed by atoms with Gasteiger partial charge in [0.15, 0.2) is 0 Å². The maximum atomic E-state index is 12.5. The molecule has 0 saturated carbocycles. The van der Waals surface area contributed by atoms with Gasteiger partial charge in [0.1, 0.15) is 5.03 Å². The fraction of sp³-hybridized carbons (Fsp3) is 0.722. The fourth-order valence-corrected chi connectivity index (χ4v) is 4.36. The van der Waals surface area contributed by atoms with Crippen LogP contribution in [0.4, 0.5) is 0 Å². The predicted octanol–water partition coefficient (Wildman–Crippen LogP) is 0.681. The number of nitrogens with zero attached hydrogens (tertiary/aromatic N) is 3. The van der Waals surface area contributed by atoms with Crippen LogP contribution in [0.1, 0.15) is 30.5 Å². The molecule has 2 aliphatic rings. The number of aromatic nitrogens is 2. The van der Waals surface area contributed by atoms with Crippen LogP contribution in [-0.4, -0.2) is 66.0 Å². The van der Waals surface area contributed by atoms with Crippen molar-refractivity contribution in [1.29, 1.82) is 0 Å². The number of nitrogens with one attached hydrogen (secondary N) is 1. The van der Waals surface area contributed by atoms with Crippen LogP contribution in [0.3, 0.4) is 0 Å². The monoisotopic (exact) mass is 380 g/mol. The van der Waals surface area contributed by atoms with Gasteiger partial charge in [-0.3, -0.25) is 9.36 Å². The van der Waals surface area contributed by atoms with Crippen LogP contribution in [0, 0.1) is 0 Å². The Hall–Kier alpha value is -1.38. The first-order chi connectivity index (χ1) is 12.5. The second-order valence-corrected chi connectivity index (χ2v) is 8.13. The lowest BCUT2D eigenvalue weighted by Crippen LogP contribution is -2.33. The summed E-state index contributed by atoms with van der Waals surface area (Å²) in [4.78, 5) is 30.9. The molecule has 1 unspecified atom stereocenters. The second kappa shape index (κ2) is 9.01. The number of thioether (sulfide) groups is 1. The van der Waals surface area contributed by atoms with E-state index in [2.05, 4.69) is 15.2 Å². The molecule has 3 rings (SSSR count). The maximum Gasteiger partial charge on any atom is 0.348 e. The van der Waals surface area contributed by atoms with E-state index in [9.17, 15) is 9.59 Å². The third-order valence-corrected chi connectivity index (χ3v) is 5.88. The van der Waals surface area contributed by atoms with Crippen LogP contribution < -0.4 is 11.0 Å². The van der Waals surface area contributed by atoms with Gasteiger partial charge in [-0.25, -0.2) is 4.79 Å². The molecule has 1 aromatic heterocycles. The summed E-state index contributed by atoms with van der Waals surface area (Å²) in [6.45, 7) is 2.83. The van der Waals surface area contributed by atoms with Gasteiger partial charge in [0.25, 0.3) is 0 Å². The Bertz CT molecular complexity index is 698. The summed E-state index contributed by atoms with van der Waals surface area (Å²) in [7, 11) is 4.00. The lowest BCUT2D eigenvalue weighted by atomic mass is 10.2. The van der Waals surface area contributed by atoms with Gasteiger partial charge in [-0.2, -0.15) is 4.98 Å². The minimum atomic E-state index is -0.199. The first-order valence-corrected chi connectivity index (χ1v) is 10.3. The van der Waals surface area contributed by atoms with Crippen LogP contribution in [0.2, 0.25) is 0 Å². The van der Waals surface area contributed by atoms with Crippen LogP contribution in [0.5, 0.6) is 0 Å². The van der Waals surface area contributed by atoms with Crippen molar-refractivity contribution in [2.75, 3.05) is 39.5 Å². The Kier molecular flexibility index (Phi) is 6.72. The molecular formula is C18H28N4O3S. The maximum absolute atomic E-state index is 12.5. The molecule has 1 amide bonds. The molecule has 8 heteroatoms. The lowest BCUT2D eigenvalue weighted by Gasteiger charge is -2.16. The highest BCUT2D eigenvalue weighted by Gasteiger charge is 2.23. The third-order valence-electron chi connectivity index (χ3n) is 4.86. The molecule has 1 saturated heterocycles. The molecule has 0 radical (unpaired) electrons. The van der Waals surface area contributed by atoms with Crippen molar-refractivity contribution in [3.63, 3.8) is 0 Å². The summed E-state index contributed by atoms with van der Waals surface area (Å²) in [6.07, 6.45) is 5.11. The minimum Gasteiger partial charge on any atom is -0.376 e. The zero-order valence-electron chi connectivity index (χ0n) is 15.6. The number of likely N-dealkylation sites (N-methyl/N-ethyl adjacent to an activating group) is 1. The normalized spacial score (nSPS) is 19.1. The third kappa shape index (κ3) is 4.86. The van der Waals surface area contributed by atoms with Gasteiger partial charge in [0.05, 0.1) is 11.9 Å². The van der Waals surface area contributed by atoms with Crippen molar-refractivity contribution >= 4 is 17.7 Å². The zero-order chi connectivity index (χ0) is 18.5. The Morgan fingerprint density at radius 1 is 1.38 bits per heavy atom. The number of carbonyl (C=O) groups is 1. The van der Waals surface area contributed by atoms with Gasteiger partial charge >= 0.3 is 5.69 Å². The predicted molar refractivity (Wildman–Crippen MR) is 102 cm³/mol. The lowest BCUT2D eigenvalue weighted by molar-refractivity contribution is -0.119. The number of hydrogen-bond acceptors (Lipinski definition) is 6. The van der Waals surface area contributed by atoms with Crippen molar-refractivity contribution in [2.24, 2.45) is 0 Å². The Morgan fingerprint density at radius 2 is 2.23 bits per heavy atom. The van der Waals surface area contributed by atoms with E-state index in [1.165, 1.54) is 11.8 Å². The smallest absolute Gasteiger partial charge is 0.348 e. The van der Waals surface area contributed by atoms with Gasteiger partial charge in [0.2, 0.25) is 5.91 Å². The molecule has 26 heavy (non-hydrogen) atoms. The van der Waals surface area contributed by atoms with Gasteiger partial charge in [-0.1, -0.05) is 11.8 Å². The molecule has 1 atom stereocenters. The van der Waals surface area contributed by atoms with E-state index >= 15 is 0 Å². The summed E-state index contributed by atoms with van der Waals surface area (Å²) in [6, 6.07) is 0. The quantitative estimate of drug-likeness (QED) is 0.528. The van der Waals surface area contributed by atoms with Gasteiger partial charge < -0.3 is 15.0 Å². The van der Waals surface area contributed by atoms with E-state index in [1.807, 2.05) is 18.7 Å². The molecule has 0 bridgehead atoms. The van der Waals surface area contributed by atoms with Gasteiger partial charge in [-0.05, 0) is 46.2 Å². The average Bonchev–Trinajstić information content (AvgIpc) is 3.28. The van der Waals surface area contributed by atoms with Crippen molar-refractivity contribution in [2.45, 2.75) is 49.8 Å². The van der Waals surface area contributed by atoms with E-state index < -0.39 is 0 Å². The van der Waals surface area contributed by atoms with E-state index in [0.29, 0.717) is 13.1 Å². The number of amides is 1. The summed E-state index contributed by atoms with van der Waals surface area (Å²) in [5.41, 5.74) is 2.06. The molecule has 0 aromatic carbocycles. The molecule has 144 valence electrons. The van der Waals surface area contributed by atoms with E-state index in [0.717, 1.165) is 61.5 Å². The Balaban J connectivity index is 1.61. The second-order valence-electron chi connectivity index (χ2n) is 7.16. The van der Waals surface area contributed by atoms with E-state index in [-0.39, 0.29) is 23.5 Å². The number of rotatable bonds is 8. The Labute approximate surface area is 158 Å². The first kappa shape index (κ1) is 19.4. The molecule has 2 heterocycles.